The van der Waals surface area contributed by atoms with Gasteiger partial charge in [0, 0.05) is 13.0 Å². The topological polar surface area (TPSA) is 109 Å². The van der Waals surface area contributed by atoms with Gasteiger partial charge in [0.25, 0.3) is 0 Å². The lowest BCUT2D eigenvalue weighted by atomic mass is 9.83. The first-order valence-electron chi connectivity index (χ1n) is 12.4. The van der Waals surface area contributed by atoms with E-state index >= 15 is 0 Å². The molecule has 0 spiro atoms. The highest BCUT2D eigenvalue weighted by atomic mass is 16.6. The summed E-state index contributed by atoms with van der Waals surface area (Å²) in [5, 5.41) is 10.1. The smallest absolute Gasteiger partial charge is 0.246 e. The van der Waals surface area contributed by atoms with E-state index in [-0.39, 0.29) is 35.7 Å². The molecule has 0 radical (unpaired) electrons. The summed E-state index contributed by atoms with van der Waals surface area (Å²) in [6.07, 6.45) is 7.29. The van der Waals surface area contributed by atoms with Crippen molar-refractivity contribution in [3.8, 4) is 0 Å². The van der Waals surface area contributed by atoms with Crippen LogP contribution in [0.25, 0.3) is 0 Å². The Morgan fingerprint density at radius 1 is 1.18 bits per heavy atom. The van der Waals surface area contributed by atoms with E-state index in [9.17, 15) is 9.59 Å². The number of amidine groups is 1. The Morgan fingerprint density at radius 2 is 1.88 bits per heavy atom. The van der Waals surface area contributed by atoms with E-state index in [0.29, 0.717) is 25.1 Å². The number of likely N-dealkylation sites (tertiary alicyclic amines) is 1. The van der Waals surface area contributed by atoms with Crippen molar-refractivity contribution < 1.29 is 14.4 Å². The van der Waals surface area contributed by atoms with Gasteiger partial charge >= 0.3 is 0 Å². The number of rotatable bonds is 10. The summed E-state index contributed by atoms with van der Waals surface area (Å²) in [5.74, 6) is 0.642. The van der Waals surface area contributed by atoms with Gasteiger partial charge in [-0.25, -0.2) is 0 Å². The second-order valence-corrected chi connectivity index (χ2v) is 9.39. The fourth-order valence-electron chi connectivity index (χ4n) is 4.81. The van der Waals surface area contributed by atoms with Crippen molar-refractivity contribution in [2.75, 3.05) is 13.6 Å². The van der Waals surface area contributed by atoms with E-state index in [1.54, 1.807) is 18.9 Å². The number of carbonyl (C=O) groups excluding carboxylic acids is 2. The first kappa shape index (κ1) is 25.7. The predicted molar refractivity (Wildman–Crippen MR) is 134 cm³/mol. The molecule has 2 amide bonds. The standard InChI is InChI=1S/C26H39N5O3/c1-18(17-20-11-6-4-7-12-20)34-30-24(27)22-15-10-16-31(22)26(33)23(21-13-8-5-9-14-21)29-25(32)19(2)28-3/h4,6-7,11-12,19,21-23,28H,1,5,8-10,13-17H2,2-3H3,(H2,27,30)(H,29,32)/t19-,22-,23-/m0/s1. The molecule has 3 atom stereocenters. The second-order valence-electron chi connectivity index (χ2n) is 9.39. The molecule has 1 aliphatic carbocycles. The van der Waals surface area contributed by atoms with Crippen molar-refractivity contribution in [1.82, 2.24) is 15.5 Å². The molecule has 1 saturated heterocycles. The number of nitrogens with one attached hydrogen (secondary N) is 2. The van der Waals surface area contributed by atoms with Gasteiger partial charge in [-0.2, -0.15) is 0 Å². The molecule has 8 nitrogen and oxygen atoms in total. The highest BCUT2D eigenvalue weighted by molar-refractivity contribution is 5.94. The van der Waals surface area contributed by atoms with Gasteiger partial charge < -0.3 is 26.1 Å². The van der Waals surface area contributed by atoms with Crippen LogP contribution >= 0.6 is 0 Å². The van der Waals surface area contributed by atoms with Crippen molar-refractivity contribution in [3.05, 3.63) is 48.2 Å². The minimum Gasteiger partial charge on any atom is -0.383 e. The molecule has 1 aromatic carbocycles. The largest absolute Gasteiger partial charge is 0.383 e. The lowest BCUT2D eigenvalue weighted by molar-refractivity contribution is -0.138. The molecule has 186 valence electrons. The van der Waals surface area contributed by atoms with Crippen molar-refractivity contribution >= 4 is 17.6 Å². The fourth-order valence-corrected chi connectivity index (χ4v) is 4.81. The number of carbonyl (C=O) groups is 2. The summed E-state index contributed by atoms with van der Waals surface area (Å²) in [7, 11) is 1.74. The molecule has 2 aliphatic rings. The van der Waals surface area contributed by atoms with Crippen LogP contribution in [0.4, 0.5) is 0 Å². The van der Waals surface area contributed by atoms with Gasteiger partial charge in [-0.15, -0.1) is 0 Å². The van der Waals surface area contributed by atoms with E-state index in [2.05, 4.69) is 22.4 Å². The van der Waals surface area contributed by atoms with Crippen LogP contribution in [0.5, 0.6) is 0 Å². The quantitative estimate of drug-likeness (QED) is 0.211. The number of benzene rings is 1. The number of nitrogens with zero attached hydrogens (tertiary/aromatic N) is 2. The van der Waals surface area contributed by atoms with Crippen LogP contribution in [0.15, 0.2) is 47.8 Å². The molecule has 2 fully saturated rings. The maximum Gasteiger partial charge on any atom is 0.246 e. The summed E-state index contributed by atoms with van der Waals surface area (Å²) in [6.45, 7) is 6.31. The second kappa shape index (κ2) is 12.6. The Morgan fingerprint density at radius 3 is 2.56 bits per heavy atom. The number of hydrogen-bond donors (Lipinski definition) is 3. The normalized spacial score (nSPS) is 21.1. The molecule has 1 aliphatic heterocycles. The minimum absolute atomic E-state index is 0.0766. The SMILES string of the molecule is C=C(Cc1ccccc1)O/N=C(\N)[C@@H]1CCCN1C(=O)[C@@H](NC(=O)[C@H](C)NC)C1CCCCC1. The minimum atomic E-state index is -0.550. The Kier molecular flexibility index (Phi) is 9.51. The average Bonchev–Trinajstić information content (AvgIpc) is 3.36. The third kappa shape index (κ3) is 6.82. The molecule has 1 saturated carbocycles. The fraction of sp³-hybridized carbons (Fsp3) is 0.577. The van der Waals surface area contributed by atoms with Crippen molar-refractivity contribution in [2.24, 2.45) is 16.8 Å². The summed E-state index contributed by atoms with van der Waals surface area (Å²) >= 11 is 0. The number of hydrogen-bond acceptors (Lipinski definition) is 5. The van der Waals surface area contributed by atoms with Gasteiger partial charge in [0.2, 0.25) is 11.8 Å². The highest BCUT2D eigenvalue weighted by Crippen LogP contribution is 2.29. The van der Waals surface area contributed by atoms with Crippen LogP contribution in [0.2, 0.25) is 0 Å². The first-order chi connectivity index (χ1) is 16.4. The maximum atomic E-state index is 13.7. The zero-order valence-electron chi connectivity index (χ0n) is 20.5. The molecule has 0 aromatic heterocycles. The molecular weight excluding hydrogens is 430 g/mol. The number of nitrogens with two attached hydrogens (primary N) is 1. The predicted octanol–water partition coefficient (Wildman–Crippen LogP) is 2.70. The molecule has 0 bridgehead atoms. The Balaban J connectivity index is 1.68. The van der Waals surface area contributed by atoms with Crippen LogP contribution in [0.1, 0.15) is 57.4 Å². The summed E-state index contributed by atoms with van der Waals surface area (Å²) < 4.78 is 0. The average molecular weight is 470 g/mol. The van der Waals surface area contributed by atoms with E-state index in [1.807, 2.05) is 30.3 Å². The van der Waals surface area contributed by atoms with E-state index in [4.69, 9.17) is 10.6 Å². The first-order valence-corrected chi connectivity index (χ1v) is 12.4. The Bertz CT molecular complexity index is 866. The van der Waals surface area contributed by atoms with Gasteiger partial charge in [0.1, 0.15) is 11.8 Å². The molecular formula is C26H39N5O3. The third-order valence-electron chi connectivity index (χ3n) is 6.91. The van der Waals surface area contributed by atoms with E-state index in [0.717, 1.165) is 37.7 Å². The van der Waals surface area contributed by atoms with Crippen molar-refractivity contribution in [2.45, 2.75) is 76.4 Å². The van der Waals surface area contributed by atoms with Crippen LogP contribution < -0.4 is 16.4 Å². The number of allylic oxidation sites excluding steroid dienone is 1. The number of amides is 2. The summed E-state index contributed by atoms with van der Waals surface area (Å²) in [6, 6.07) is 8.59. The van der Waals surface area contributed by atoms with Crippen LogP contribution in [-0.4, -0.2) is 54.3 Å². The van der Waals surface area contributed by atoms with Gasteiger partial charge in [-0.1, -0.05) is 61.3 Å². The van der Waals surface area contributed by atoms with Gasteiger partial charge in [-0.05, 0) is 51.1 Å². The summed E-state index contributed by atoms with van der Waals surface area (Å²) in [4.78, 5) is 33.6. The Hall–Kier alpha value is -2.87. The number of oxime groups is 1. The maximum absolute atomic E-state index is 13.7. The molecule has 34 heavy (non-hydrogen) atoms. The van der Waals surface area contributed by atoms with Crippen LogP contribution in [-0.2, 0) is 20.8 Å². The van der Waals surface area contributed by atoms with Crippen molar-refractivity contribution in [1.29, 1.82) is 0 Å². The molecule has 3 rings (SSSR count). The monoisotopic (exact) mass is 469 g/mol. The highest BCUT2D eigenvalue weighted by Gasteiger charge is 2.40. The van der Waals surface area contributed by atoms with Crippen molar-refractivity contribution in [3.63, 3.8) is 0 Å². The molecule has 8 heteroatoms. The van der Waals surface area contributed by atoms with Gasteiger partial charge in [-0.3, -0.25) is 9.59 Å². The third-order valence-corrected chi connectivity index (χ3v) is 6.91. The lowest BCUT2D eigenvalue weighted by Gasteiger charge is -2.35. The van der Waals surface area contributed by atoms with E-state index < -0.39 is 6.04 Å². The summed E-state index contributed by atoms with van der Waals surface area (Å²) in [5.41, 5.74) is 7.36. The molecule has 4 N–H and O–H groups in total. The molecule has 1 aromatic rings. The lowest BCUT2D eigenvalue weighted by Crippen LogP contribution is -2.57. The van der Waals surface area contributed by atoms with Gasteiger partial charge in [0.05, 0.1) is 12.1 Å². The van der Waals surface area contributed by atoms with Crippen LogP contribution in [0, 0.1) is 5.92 Å². The molecule has 0 unspecified atom stereocenters. The zero-order valence-corrected chi connectivity index (χ0v) is 20.5. The number of likely N-dealkylation sites (N-methyl/N-ethyl adjacent to an activating group) is 1. The van der Waals surface area contributed by atoms with Gasteiger partial charge in [0.15, 0.2) is 5.84 Å². The zero-order chi connectivity index (χ0) is 24.5. The Labute approximate surface area is 203 Å². The molecule has 1 heterocycles. The van der Waals surface area contributed by atoms with Crippen LogP contribution in [0.3, 0.4) is 0 Å². The van der Waals surface area contributed by atoms with E-state index in [1.165, 1.54) is 6.42 Å².